The number of furan rings is 1. The van der Waals surface area contributed by atoms with E-state index < -0.39 is 0 Å². The van der Waals surface area contributed by atoms with Crippen LogP contribution >= 0.6 is 0 Å². The molecule has 0 saturated carbocycles. The van der Waals surface area contributed by atoms with Crippen LogP contribution in [0.15, 0.2) is 181 Å². The third kappa shape index (κ3) is 5.78. The fourth-order valence-electron chi connectivity index (χ4n) is 7.36. The Bertz CT molecular complexity index is 2860. The molecule has 0 aliphatic heterocycles. The average Bonchev–Trinajstić information content (AvgIpc) is 3.62. The highest BCUT2D eigenvalue weighted by molar-refractivity contribution is 6.06. The molecule has 0 radical (unpaired) electrons. The smallest absolute Gasteiger partial charge is 0.163 e. The number of rotatable bonds is 6. The molecule has 5 heteroatoms. The Hall–Kier alpha value is -6.98. The van der Waals surface area contributed by atoms with E-state index in [1.807, 2.05) is 42.7 Å². The lowest BCUT2D eigenvalue weighted by Gasteiger charge is -2.16. The minimum Gasteiger partial charge on any atom is -0.456 e. The van der Waals surface area contributed by atoms with E-state index in [2.05, 4.69) is 138 Å². The van der Waals surface area contributed by atoms with Crippen LogP contribution in [-0.4, -0.2) is 19.9 Å². The van der Waals surface area contributed by atoms with Gasteiger partial charge in [0.2, 0.25) is 0 Å². The second kappa shape index (κ2) is 13.0. The molecule has 0 saturated heterocycles. The van der Waals surface area contributed by atoms with Gasteiger partial charge in [-0.05, 0) is 76.0 Å². The summed E-state index contributed by atoms with van der Waals surface area (Å²) in [6, 6.07) is 48.6. The van der Waals surface area contributed by atoms with E-state index in [0.717, 1.165) is 89.5 Å². The monoisotopic (exact) mass is 680 g/mol. The van der Waals surface area contributed by atoms with Gasteiger partial charge in [-0.1, -0.05) is 127 Å². The van der Waals surface area contributed by atoms with Crippen molar-refractivity contribution in [3.05, 3.63) is 182 Å². The minimum atomic E-state index is 0.0703. The van der Waals surface area contributed by atoms with Crippen LogP contribution in [0.1, 0.15) is 18.2 Å². The zero-order valence-corrected chi connectivity index (χ0v) is 28.7. The van der Waals surface area contributed by atoms with Gasteiger partial charge in [0.15, 0.2) is 11.6 Å². The Balaban J connectivity index is 1.12. The van der Waals surface area contributed by atoms with Crippen LogP contribution in [0.2, 0.25) is 0 Å². The number of pyridine rings is 1. The average molecular weight is 681 g/mol. The van der Waals surface area contributed by atoms with Crippen LogP contribution in [0.5, 0.6) is 0 Å². The van der Waals surface area contributed by atoms with E-state index in [1.165, 1.54) is 0 Å². The van der Waals surface area contributed by atoms with Gasteiger partial charge >= 0.3 is 0 Å². The predicted octanol–water partition coefficient (Wildman–Crippen LogP) is 12.3. The Morgan fingerprint density at radius 1 is 0.472 bits per heavy atom. The number of para-hydroxylation sites is 1. The molecule has 6 aromatic carbocycles. The first-order valence-electron chi connectivity index (χ1n) is 17.9. The molecule has 0 fully saturated rings. The van der Waals surface area contributed by atoms with E-state index in [4.69, 9.17) is 19.4 Å². The van der Waals surface area contributed by atoms with Gasteiger partial charge in [0.25, 0.3) is 0 Å². The van der Waals surface area contributed by atoms with Crippen molar-refractivity contribution >= 4 is 32.7 Å². The van der Waals surface area contributed by atoms with Crippen molar-refractivity contribution in [2.24, 2.45) is 0 Å². The first-order valence-corrected chi connectivity index (χ1v) is 17.9. The fourth-order valence-corrected chi connectivity index (χ4v) is 7.36. The zero-order chi connectivity index (χ0) is 35.1. The van der Waals surface area contributed by atoms with Crippen LogP contribution in [0.3, 0.4) is 0 Å². The van der Waals surface area contributed by atoms with Gasteiger partial charge in [-0.25, -0.2) is 15.0 Å². The Labute approximate surface area is 306 Å². The Kier molecular flexibility index (Phi) is 7.54. The molecule has 0 bridgehead atoms. The van der Waals surface area contributed by atoms with Crippen LogP contribution in [0.25, 0.3) is 88.9 Å². The highest BCUT2D eigenvalue weighted by atomic mass is 16.3. The summed E-state index contributed by atoms with van der Waals surface area (Å²) in [7, 11) is 0. The van der Waals surface area contributed by atoms with E-state index in [1.54, 1.807) is 0 Å². The number of benzene rings is 6. The third-order valence-corrected chi connectivity index (χ3v) is 10.1. The molecule has 1 unspecified atom stereocenters. The summed E-state index contributed by atoms with van der Waals surface area (Å²) >= 11 is 0. The van der Waals surface area contributed by atoms with Crippen molar-refractivity contribution in [3.63, 3.8) is 0 Å². The van der Waals surface area contributed by atoms with Crippen LogP contribution in [0.4, 0.5) is 0 Å². The topological polar surface area (TPSA) is 64.7 Å². The zero-order valence-electron chi connectivity index (χ0n) is 28.7. The molecule has 1 atom stereocenters. The SMILES string of the molecule is C1=CCC(c2nc(-c3ccccc3)nc(-c3cc(-c4ccc(-c5ccc6oc7ccccc7c6c5)cc4)cc(-c4cncc5ccccc45)c3)n2)C=C1. The van der Waals surface area contributed by atoms with Gasteiger partial charge in [0.05, 0.1) is 0 Å². The summed E-state index contributed by atoms with van der Waals surface area (Å²) in [5.41, 5.74) is 10.2. The molecule has 0 N–H and O–H groups in total. The number of hydrogen-bond donors (Lipinski definition) is 0. The Morgan fingerprint density at radius 2 is 1.15 bits per heavy atom. The number of hydrogen-bond acceptors (Lipinski definition) is 5. The summed E-state index contributed by atoms with van der Waals surface area (Å²) in [6.45, 7) is 0. The maximum absolute atomic E-state index is 6.09. The molecule has 0 amide bonds. The van der Waals surface area contributed by atoms with Gasteiger partial charge in [-0.3, -0.25) is 4.98 Å². The molecule has 53 heavy (non-hydrogen) atoms. The number of nitrogens with zero attached hydrogens (tertiary/aromatic N) is 4. The maximum atomic E-state index is 6.09. The van der Waals surface area contributed by atoms with Gasteiger partial charge in [0.1, 0.15) is 17.0 Å². The highest BCUT2D eigenvalue weighted by Crippen LogP contribution is 2.37. The molecule has 1 aliphatic rings. The summed E-state index contributed by atoms with van der Waals surface area (Å²) in [5, 5.41) is 4.48. The highest BCUT2D eigenvalue weighted by Gasteiger charge is 2.19. The summed E-state index contributed by atoms with van der Waals surface area (Å²) in [6.07, 6.45) is 13.2. The van der Waals surface area contributed by atoms with Gasteiger partial charge < -0.3 is 4.42 Å². The maximum Gasteiger partial charge on any atom is 0.163 e. The lowest BCUT2D eigenvalue weighted by molar-refractivity contribution is 0.669. The molecule has 5 nitrogen and oxygen atoms in total. The molecule has 9 aromatic rings. The standard InChI is InChI=1S/C48H32N4O/c1-3-11-33(12-4-1)46-50-47(34-13-5-2-6-14-34)52-48(51-46)39-26-37(25-38(27-39)43-30-49-29-36-15-7-8-16-40(36)43)32-21-19-31(20-22-32)35-23-24-45-42(28-35)41-17-9-10-18-44(41)53-45/h1-13,15-30,34H,14H2. The van der Waals surface area contributed by atoms with Gasteiger partial charge in [0, 0.05) is 51.2 Å². The molecule has 3 aromatic heterocycles. The van der Waals surface area contributed by atoms with E-state index in [9.17, 15) is 0 Å². The molecule has 3 heterocycles. The van der Waals surface area contributed by atoms with Gasteiger partial charge in [-0.15, -0.1) is 0 Å². The van der Waals surface area contributed by atoms with Crippen molar-refractivity contribution in [2.45, 2.75) is 12.3 Å². The van der Waals surface area contributed by atoms with Gasteiger partial charge in [-0.2, -0.15) is 0 Å². The van der Waals surface area contributed by atoms with Crippen LogP contribution in [0, 0.1) is 0 Å². The van der Waals surface area contributed by atoms with E-state index in [0.29, 0.717) is 11.6 Å². The van der Waals surface area contributed by atoms with Crippen molar-refractivity contribution in [2.75, 3.05) is 0 Å². The summed E-state index contributed by atoms with van der Waals surface area (Å²) in [5.74, 6) is 2.14. The predicted molar refractivity (Wildman–Crippen MR) is 215 cm³/mol. The molecule has 250 valence electrons. The normalized spacial score (nSPS) is 14.0. The number of aromatic nitrogens is 4. The van der Waals surface area contributed by atoms with Crippen LogP contribution < -0.4 is 0 Å². The first kappa shape index (κ1) is 30.8. The van der Waals surface area contributed by atoms with Crippen molar-refractivity contribution < 1.29 is 4.42 Å². The molecular weight excluding hydrogens is 649 g/mol. The van der Waals surface area contributed by atoms with Crippen molar-refractivity contribution in [1.29, 1.82) is 0 Å². The lowest BCUT2D eigenvalue weighted by atomic mass is 9.93. The van der Waals surface area contributed by atoms with E-state index in [-0.39, 0.29) is 5.92 Å². The third-order valence-electron chi connectivity index (χ3n) is 10.1. The fraction of sp³-hybridized carbons (Fsp3) is 0.0417. The molecule has 1 aliphatic carbocycles. The first-order chi connectivity index (χ1) is 26.2. The van der Waals surface area contributed by atoms with Crippen molar-refractivity contribution in [3.8, 4) is 56.2 Å². The summed E-state index contributed by atoms with van der Waals surface area (Å²) < 4.78 is 6.09. The minimum absolute atomic E-state index is 0.0703. The van der Waals surface area contributed by atoms with Crippen molar-refractivity contribution in [1.82, 2.24) is 19.9 Å². The molecule has 10 rings (SSSR count). The van der Waals surface area contributed by atoms with Crippen LogP contribution in [-0.2, 0) is 0 Å². The largest absolute Gasteiger partial charge is 0.456 e. The van der Waals surface area contributed by atoms with E-state index >= 15 is 0 Å². The summed E-state index contributed by atoms with van der Waals surface area (Å²) in [4.78, 5) is 19.9. The Morgan fingerprint density at radius 3 is 1.98 bits per heavy atom. The molecule has 0 spiro atoms. The molecular formula is C48H32N4O. The second-order valence-electron chi connectivity index (χ2n) is 13.5. The number of fused-ring (bicyclic) bond motifs is 4. The lowest BCUT2D eigenvalue weighted by Crippen LogP contribution is -2.08. The number of allylic oxidation sites excluding steroid dienone is 4. The second-order valence-corrected chi connectivity index (χ2v) is 13.5. The quantitative estimate of drug-likeness (QED) is 0.175.